The highest BCUT2D eigenvalue weighted by Gasteiger charge is 2.06. The lowest BCUT2D eigenvalue weighted by atomic mass is 10.2. The SMILES string of the molecule is C#Cc1c(N)nc(N)nc1CC. The summed E-state index contributed by atoms with van der Waals surface area (Å²) in [7, 11) is 0. The second-order valence-corrected chi connectivity index (χ2v) is 2.29. The number of hydrogen-bond donors (Lipinski definition) is 2. The lowest BCUT2D eigenvalue weighted by molar-refractivity contribution is 1.00. The monoisotopic (exact) mass is 162 g/mol. The Labute approximate surface area is 71.0 Å². The van der Waals surface area contributed by atoms with Gasteiger partial charge in [-0.25, -0.2) is 4.98 Å². The summed E-state index contributed by atoms with van der Waals surface area (Å²) in [4.78, 5) is 7.72. The summed E-state index contributed by atoms with van der Waals surface area (Å²) >= 11 is 0. The summed E-state index contributed by atoms with van der Waals surface area (Å²) in [5.41, 5.74) is 12.2. The molecule has 0 bridgehead atoms. The molecule has 0 spiro atoms. The third-order valence-corrected chi connectivity index (χ3v) is 1.51. The summed E-state index contributed by atoms with van der Waals surface area (Å²) in [6, 6.07) is 0. The Hall–Kier alpha value is -1.76. The summed E-state index contributed by atoms with van der Waals surface area (Å²) in [5, 5.41) is 0. The van der Waals surface area contributed by atoms with Gasteiger partial charge in [0.25, 0.3) is 0 Å². The minimum Gasteiger partial charge on any atom is -0.382 e. The van der Waals surface area contributed by atoms with Crippen LogP contribution in [0.3, 0.4) is 0 Å². The summed E-state index contributed by atoms with van der Waals surface area (Å²) in [5.74, 6) is 2.89. The number of nitrogens with two attached hydrogens (primary N) is 2. The molecule has 0 amide bonds. The molecule has 0 aliphatic carbocycles. The fourth-order valence-electron chi connectivity index (χ4n) is 0.959. The molecular weight excluding hydrogens is 152 g/mol. The van der Waals surface area contributed by atoms with Crippen LogP contribution in [0.5, 0.6) is 0 Å². The van der Waals surface area contributed by atoms with Crippen LogP contribution in [0.25, 0.3) is 0 Å². The standard InChI is InChI=1S/C8H10N4/c1-3-5-6(4-2)11-8(10)12-7(5)9/h1H,4H2,2H3,(H4,9,10,11,12). The predicted octanol–water partition coefficient (Wildman–Crippen LogP) is 0.185. The van der Waals surface area contributed by atoms with Gasteiger partial charge in [0, 0.05) is 0 Å². The van der Waals surface area contributed by atoms with Crippen molar-refractivity contribution in [2.24, 2.45) is 0 Å². The van der Waals surface area contributed by atoms with E-state index in [4.69, 9.17) is 17.9 Å². The van der Waals surface area contributed by atoms with E-state index in [1.807, 2.05) is 6.92 Å². The Morgan fingerprint density at radius 2 is 2.08 bits per heavy atom. The third-order valence-electron chi connectivity index (χ3n) is 1.51. The molecule has 4 heteroatoms. The van der Waals surface area contributed by atoms with E-state index in [0.29, 0.717) is 12.0 Å². The van der Waals surface area contributed by atoms with Crippen LogP contribution >= 0.6 is 0 Å². The smallest absolute Gasteiger partial charge is 0.222 e. The molecule has 0 atom stereocenters. The molecule has 0 aliphatic rings. The van der Waals surface area contributed by atoms with Gasteiger partial charge in [0.2, 0.25) is 5.95 Å². The number of aromatic nitrogens is 2. The van der Waals surface area contributed by atoms with E-state index in [0.717, 1.165) is 5.69 Å². The molecule has 4 nitrogen and oxygen atoms in total. The van der Waals surface area contributed by atoms with E-state index in [9.17, 15) is 0 Å². The minimum absolute atomic E-state index is 0.170. The first-order valence-electron chi connectivity index (χ1n) is 3.57. The van der Waals surface area contributed by atoms with Crippen molar-refractivity contribution in [1.82, 2.24) is 9.97 Å². The largest absolute Gasteiger partial charge is 0.382 e. The quantitative estimate of drug-likeness (QED) is 0.577. The number of anilines is 2. The van der Waals surface area contributed by atoms with Gasteiger partial charge in [0.15, 0.2) is 0 Å². The molecule has 0 fully saturated rings. The second kappa shape index (κ2) is 3.09. The van der Waals surface area contributed by atoms with Gasteiger partial charge in [-0.3, -0.25) is 0 Å². The molecule has 1 heterocycles. The molecule has 0 saturated heterocycles. The van der Waals surface area contributed by atoms with E-state index in [1.165, 1.54) is 0 Å². The fourth-order valence-corrected chi connectivity index (χ4v) is 0.959. The first-order valence-corrected chi connectivity index (χ1v) is 3.57. The van der Waals surface area contributed by atoms with E-state index < -0.39 is 0 Å². The number of nitrogens with zero attached hydrogens (tertiary/aromatic N) is 2. The van der Waals surface area contributed by atoms with Gasteiger partial charge >= 0.3 is 0 Å². The van der Waals surface area contributed by atoms with Gasteiger partial charge in [-0.05, 0) is 6.42 Å². The Balaban J connectivity index is 3.36. The highest BCUT2D eigenvalue weighted by Crippen LogP contribution is 2.13. The van der Waals surface area contributed by atoms with Gasteiger partial charge in [0.1, 0.15) is 5.82 Å². The van der Waals surface area contributed by atoms with Gasteiger partial charge < -0.3 is 11.5 Å². The molecule has 4 N–H and O–H groups in total. The van der Waals surface area contributed by atoms with Crippen molar-refractivity contribution >= 4 is 11.8 Å². The molecule has 1 aromatic heterocycles. The van der Waals surface area contributed by atoms with Gasteiger partial charge in [-0.1, -0.05) is 12.8 Å². The number of nitrogen functional groups attached to an aromatic ring is 2. The van der Waals surface area contributed by atoms with Gasteiger partial charge in [-0.15, -0.1) is 6.42 Å². The summed E-state index contributed by atoms with van der Waals surface area (Å²) in [6.45, 7) is 1.93. The van der Waals surface area contributed by atoms with Crippen molar-refractivity contribution in [1.29, 1.82) is 0 Å². The minimum atomic E-state index is 0.170. The predicted molar refractivity (Wildman–Crippen MR) is 48.2 cm³/mol. The number of rotatable bonds is 1. The number of hydrogen-bond acceptors (Lipinski definition) is 4. The topological polar surface area (TPSA) is 77.8 Å². The zero-order valence-electron chi connectivity index (χ0n) is 6.83. The zero-order chi connectivity index (χ0) is 9.14. The normalized spacial score (nSPS) is 9.33. The Bertz CT molecular complexity index is 338. The van der Waals surface area contributed by atoms with Crippen LogP contribution in [0.4, 0.5) is 11.8 Å². The molecule has 0 saturated carbocycles. The maximum Gasteiger partial charge on any atom is 0.222 e. The maximum atomic E-state index is 5.53. The highest BCUT2D eigenvalue weighted by atomic mass is 15.0. The van der Waals surface area contributed by atoms with Crippen LogP contribution in [0.1, 0.15) is 18.2 Å². The lowest BCUT2D eigenvalue weighted by Crippen LogP contribution is -2.06. The molecule has 0 aliphatic heterocycles. The average Bonchev–Trinajstić information content (AvgIpc) is 2.03. The number of aryl methyl sites for hydroxylation is 1. The fraction of sp³-hybridized carbons (Fsp3) is 0.250. The van der Waals surface area contributed by atoms with Crippen molar-refractivity contribution in [2.45, 2.75) is 13.3 Å². The Kier molecular flexibility index (Phi) is 2.15. The zero-order valence-corrected chi connectivity index (χ0v) is 6.83. The summed E-state index contributed by atoms with van der Waals surface area (Å²) in [6.07, 6.45) is 5.93. The van der Waals surface area contributed by atoms with Crippen molar-refractivity contribution < 1.29 is 0 Å². The molecule has 0 radical (unpaired) electrons. The lowest BCUT2D eigenvalue weighted by Gasteiger charge is -2.03. The molecule has 0 unspecified atom stereocenters. The van der Waals surface area contributed by atoms with E-state index in [1.54, 1.807) is 0 Å². The first kappa shape index (κ1) is 8.34. The van der Waals surface area contributed by atoms with Crippen molar-refractivity contribution in [2.75, 3.05) is 11.5 Å². The van der Waals surface area contributed by atoms with E-state index >= 15 is 0 Å². The van der Waals surface area contributed by atoms with Crippen LogP contribution in [0.2, 0.25) is 0 Å². The molecular formula is C8H10N4. The Morgan fingerprint density at radius 3 is 2.58 bits per heavy atom. The molecule has 0 aromatic carbocycles. The molecule has 1 rings (SSSR count). The molecule has 62 valence electrons. The summed E-state index contributed by atoms with van der Waals surface area (Å²) < 4.78 is 0. The van der Waals surface area contributed by atoms with Crippen molar-refractivity contribution in [3.05, 3.63) is 11.3 Å². The van der Waals surface area contributed by atoms with Crippen LogP contribution in [0.15, 0.2) is 0 Å². The first-order chi connectivity index (χ1) is 5.69. The average molecular weight is 162 g/mol. The second-order valence-electron chi connectivity index (χ2n) is 2.29. The van der Waals surface area contributed by atoms with Gasteiger partial charge in [0.05, 0.1) is 11.3 Å². The highest BCUT2D eigenvalue weighted by molar-refractivity contribution is 5.54. The maximum absolute atomic E-state index is 5.53. The van der Waals surface area contributed by atoms with Crippen LogP contribution in [-0.2, 0) is 6.42 Å². The van der Waals surface area contributed by atoms with Crippen LogP contribution < -0.4 is 11.5 Å². The molecule has 12 heavy (non-hydrogen) atoms. The van der Waals surface area contributed by atoms with E-state index in [-0.39, 0.29) is 11.8 Å². The van der Waals surface area contributed by atoms with Crippen molar-refractivity contribution in [3.8, 4) is 12.3 Å². The number of terminal acetylenes is 1. The molecule has 1 aromatic rings. The van der Waals surface area contributed by atoms with Crippen LogP contribution in [-0.4, -0.2) is 9.97 Å². The Morgan fingerprint density at radius 1 is 1.42 bits per heavy atom. The van der Waals surface area contributed by atoms with E-state index in [2.05, 4.69) is 15.9 Å². The third kappa shape index (κ3) is 1.30. The van der Waals surface area contributed by atoms with Crippen LogP contribution in [0, 0.1) is 12.3 Å². The van der Waals surface area contributed by atoms with Crippen molar-refractivity contribution in [3.63, 3.8) is 0 Å². The van der Waals surface area contributed by atoms with Gasteiger partial charge in [-0.2, -0.15) is 4.98 Å².